The largest absolute Gasteiger partial charge is 0.381 e. The van der Waals surface area contributed by atoms with Crippen LogP contribution in [0.15, 0.2) is 24.3 Å². The van der Waals surface area contributed by atoms with Crippen LogP contribution in [0, 0.1) is 0 Å². The van der Waals surface area contributed by atoms with Gasteiger partial charge < -0.3 is 10.1 Å². The molecule has 2 heterocycles. The van der Waals surface area contributed by atoms with Crippen LogP contribution in [0.25, 0.3) is 0 Å². The van der Waals surface area contributed by atoms with Crippen molar-refractivity contribution < 1.29 is 4.74 Å². The summed E-state index contributed by atoms with van der Waals surface area (Å²) in [6.07, 6.45) is 3.75. The molecule has 2 aliphatic rings. The molecular weight excluding hydrogens is 210 g/mol. The number of piperidine rings is 1. The summed E-state index contributed by atoms with van der Waals surface area (Å²) < 4.78 is 5.45. The van der Waals surface area contributed by atoms with E-state index in [1.165, 1.54) is 43.5 Å². The molecule has 2 saturated heterocycles. The predicted octanol–water partition coefficient (Wildman–Crippen LogP) is 2.66. The van der Waals surface area contributed by atoms with Crippen LogP contribution in [-0.2, 0) is 4.74 Å². The monoisotopic (exact) mass is 231 g/mol. The fourth-order valence-corrected chi connectivity index (χ4v) is 2.99. The molecule has 92 valence electrons. The van der Waals surface area contributed by atoms with Crippen molar-refractivity contribution in [3.8, 4) is 0 Å². The van der Waals surface area contributed by atoms with Crippen LogP contribution < -0.4 is 5.32 Å². The minimum atomic E-state index is 0.636. The zero-order valence-corrected chi connectivity index (χ0v) is 10.3. The second-order valence-corrected chi connectivity index (χ2v) is 5.25. The lowest BCUT2D eigenvalue weighted by atomic mass is 9.88. The van der Waals surface area contributed by atoms with Gasteiger partial charge in [0.15, 0.2) is 0 Å². The molecule has 1 aromatic rings. The average Bonchev–Trinajstić information content (AvgIpc) is 2.94. The molecule has 2 aliphatic heterocycles. The van der Waals surface area contributed by atoms with Gasteiger partial charge in [-0.15, -0.1) is 0 Å². The van der Waals surface area contributed by atoms with Gasteiger partial charge in [0, 0.05) is 12.5 Å². The fourth-order valence-electron chi connectivity index (χ4n) is 2.99. The Morgan fingerprint density at radius 2 is 1.53 bits per heavy atom. The molecule has 3 rings (SSSR count). The molecule has 17 heavy (non-hydrogen) atoms. The van der Waals surface area contributed by atoms with Crippen LogP contribution in [0.1, 0.15) is 42.2 Å². The lowest BCUT2D eigenvalue weighted by Crippen LogP contribution is -2.26. The molecule has 1 unspecified atom stereocenters. The van der Waals surface area contributed by atoms with Crippen molar-refractivity contribution in [2.24, 2.45) is 0 Å². The standard InChI is InChI=1S/C15H21NO/c1-3-13(15-7-10-17-11-15)4-2-12(1)14-5-8-16-9-6-14/h1-4,14-16H,5-11H2. The summed E-state index contributed by atoms with van der Waals surface area (Å²) in [6, 6.07) is 9.31. The number of ether oxygens (including phenoxy) is 1. The first kappa shape index (κ1) is 11.2. The van der Waals surface area contributed by atoms with Gasteiger partial charge in [-0.05, 0) is 49.4 Å². The molecule has 2 nitrogen and oxygen atoms in total. The molecule has 1 N–H and O–H groups in total. The Bertz CT molecular complexity index is 348. The van der Waals surface area contributed by atoms with Gasteiger partial charge in [-0.3, -0.25) is 0 Å². The molecule has 0 spiro atoms. The maximum absolute atomic E-state index is 5.45. The lowest BCUT2D eigenvalue weighted by Gasteiger charge is -2.23. The van der Waals surface area contributed by atoms with Gasteiger partial charge in [0.25, 0.3) is 0 Å². The molecule has 2 heteroatoms. The molecule has 2 fully saturated rings. The van der Waals surface area contributed by atoms with E-state index in [2.05, 4.69) is 29.6 Å². The fraction of sp³-hybridized carbons (Fsp3) is 0.600. The topological polar surface area (TPSA) is 21.3 Å². The highest BCUT2D eigenvalue weighted by atomic mass is 16.5. The third-order valence-electron chi connectivity index (χ3n) is 4.15. The van der Waals surface area contributed by atoms with Gasteiger partial charge in [0.2, 0.25) is 0 Å². The molecule has 0 amide bonds. The molecule has 1 atom stereocenters. The minimum absolute atomic E-state index is 0.636. The van der Waals surface area contributed by atoms with Crippen LogP contribution in [0.2, 0.25) is 0 Å². The highest BCUT2D eigenvalue weighted by Crippen LogP contribution is 2.29. The minimum Gasteiger partial charge on any atom is -0.381 e. The summed E-state index contributed by atoms with van der Waals surface area (Å²) in [5.74, 6) is 1.40. The maximum atomic E-state index is 5.45. The van der Waals surface area contributed by atoms with Gasteiger partial charge >= 0.3 is 0 Å². The normalized spacial score (nSPS) is 26.2. The van der Waals surface area contributed by atoms with Gasteiger partial charge in [-0.2, -0.15) is 0 Å². The van der Waals surface area contributed by atoms with Crippen molar-refractivity contribution in [2.45, 2.75) is 31.1 Å². The number of benzene rings is 1. The summed E-state index contributed by atoms with van der Waals surface area (Å²) in [7, 11) is 0. The Kier molecular flexibility index (Phi) is 3.44. The first-order chi connectivity index (χ1) is 8.43. The van der Waals surface area contributed by atoms with E-state index in [0.717, 1.165) is 19.1 Å². The van der Waals surface area contributed by atoms with Crippen LogP contribution in [0.5, 0.6) is 0 Å². The van der Waals surface area contributed by atoms with E-state index < -0.39 is 0 Å². The molecule has 0 radical (unpaired) electrons. The second-order valence-electron chi connectivity index (χ2n) is 5.25. The third-order valence-corrected chi connectivity index (χ3v) is 4.15. The van der Waals surface area contributed by atoms with E-state index in [0.29, 0.717) is 5.92 Å². The van der Waals surface area contributed by atoms with Gasteiger partial charge in [0.1, 0.15) is 0 Å². The third kappa shape index (κ3) is 2.53. The first-order valence-corrected chi connectivity index (χ1v) is 6.82. The van der Waals surface area contributed by atoms with Gasteiger partial charge in [-0.1, -0.05) is 24.3 Å². The molecule has 0 aromatic heterocycles. The second kappa shape index (κ2) is 5.19. The zero-order valence-electron chi connectivity index (χ0n) is 10.3. The predicted molar refractivity (Wildman–Crippen MR) is 69.5 cm³/mol. The summed E-state index contributed by atoms with van der Waals surface area (Å²) >= 11 is 0. The SMILES string of the molecule is c1cc(C2CCOC2)ccc1C1CCNCC1. The molecule has 1 aromatic carbocycles. The Morgan fingerprint density at radius 3 is 2.12 bits per heavy atom. The van der Waals surface area contributed by atoms with E-state index in [9.17, 15) is 0 Å². The van der Waals surface area contributed by atoms with Crippen molar-refractivity contribution in [3.05, 3.63) is 35.4 Å². The smallest absolute Gasteiger partial charge is 0.0535 e. The number of hydrogen-bond acceptors (Lipinski definition) is 2. The summed E-state index contributed by atoms with van der Waals surface area (Å²) in [5, 5.41) is 3.42. The molecular formula is C15H21NO. The van der Waals surface area contributed by atoms with Gasteiger partial charge in [-0.25, -0.2) is 0 Å². The van der Waals surface area contributed by atoms with Crippen LogP contribution in [0.3, 0.4) is 0 Å². The van der Waals surface area contributed by atoms with Crippen molar-refractivity contribution in [2.75, 3.05) is 26.3 Å². The van der Waals surface area contributed by atoms with Gasteiger partial charge in [0.05, 0.1) is 6.61 Å². The number of hydrogen-bond donors (Lipinski definition) is 1. The van der Waals surface area contributed by atoms with E-state index in [4.69, 9.17) is 4.74 Å². The maximum Gasteiger partial charge on any atom is 0.0535 e. The highest BCUT2D eigenvalue weighted by Gasteiger charge is 2.19. The van der Waals surface area contributed by atoms with E-state index in [1.807, 2.05) is 0 Å². The lowest BCUT2D eigenvalue weighted by molar-refractivity contribution is 0.194. The van der Waals surface area contributed by atoms with Crippen molar-refractivity contribution in [1.82, 2.24) is 5.32 Å². The number of nitrogens with one attached hydrogen (secondary N) is 1. The number of rotatable bonds is 2. The zero-order chi connectivity index (χ0) is 11.5. The Labute approximate surface area is 103 Å². The highest BCUT2D eigenvalue weighted by molar-refractivity contribution is 5.28. The Hall–Kier alpha value is -0.860. The first-order valence-electron chi connectivity index (χ1n) is 6.82. The molecule has 0 bridgehead atoms. The van der Waals surface area contributed by atoms with E-state index >= 15 is 0 Å². The van der Waals surface area contributed by atoms with Crippen molar-refractivity contribution >= 4 is 0 Å². The van der Waals surface area contributed by atoms with E-state index in [1.54, 1.807) is 0 Å². The van der Waals surface area contributed by atoms with Crippen LogP contribution >= 0.6 is 0 Å². The van der Waals surface area contributed by atoms with Crippen LogP contribution in [0.4, 0.5) is 0 Å². The van der Waals surface area contributed by atoms with E-state index in [-0.39, 0.29) is 0 Å². The van der Waals surface area contributed by atoms with Crippen molar-refractivity contribution in [3.63, 3.8) is 0 Å². The Balaban J connectivity index is 1.70. The summed E-state index contributed by atoms with van der Waals surface area (Å²) in [4.78, 5) is 0. The summed E-state index contributed by atoms with van der Waals surface area (Å²) in [5.41, 5.74) is 2.98. The quantitative estimate of drug-likeness (QED) is 0.845. The molecule has 0 aliphatic carbocycles. The average molecular weight is 231 g/mol. The molecule has 0 saturated carbocycles. The van der Waals surface area contributed by atoms with Crippen molar-refractivity contribution in [1.29, 1.82) is 0 Å². The summed E-state index contributed by atoms with van der Waals surface area (Å²) in [6.45, 7) is 4.18. The van der Waals surface area contributed by atoms with Crippen LogP contribution in [-0.4, -0.2) is 26.3 Å². The Morgan fingerprint density at radius 1 is 0.882 bits per heavy atom.